The van der Waals surface area contributed by atoms with Crippen LogP contribution in [0.15, 0.2) is 48.5 Å². The van der Waals surface area contributed by atoms with E-state index in [1.54, 1.807) is 12.1 Å². The van der Waals surface area contributed by atoms with Gasteiger partial charge >= 0.3 is 6.18 Å². The van der Waals surface area contributed by atoms with Gasteiger partial charge in [-0.25, -0.2) is 4.68 Å². The van der Waals surface area contributed by atoms with Crippen molar-refractivity contribution in [3.8, 4) is 5.69 Å². The Hall–Kier alpha value is -3.69. The maximum Gasteiger partial charge on any atom is 0.416 e. The number of carbonyl (C=O) groups is 2. The number of hydrogen-bond donors (Lipinski definition) is 2. The fourth-order valence-corrected chi connectivity index (χ4v) is 3.54. The number of amides is 2. The maximum absolute atomic E-state index is 13.1. The lowest BCUT2D eigenvalue weighted by Crippen LogP contribution is -2.27. The molecule has 3 aromatic rings. The van der Waals surface area contributed by atoms with Gasteiger partial charge in [0, 0.05) is 25.1 Å². The third-order valence-corrected chi connectivity index (χ3v) is 5.28. The van der Waals surface area contributed by atoms with E-state index in [2.05, 4.69) is 20.9 Å². The van der Waals surface area contributed by atoms with Crippen LogP contribution in [0.5, 0.6) is 0 Å². The number of alkyl halides is 3. The lowest BCUT2D eigenvalue weighted by molar-refractivity contribution is -0.137. The first kappa shape index (κ1) is 22.5. The van der Waals surface area contributed by atoms with Crippen LogP contribution in [-0.2, 0) is 17.4 Å². The molecule has 1 aliphatic carbocycles. The van der Waals surface area contributed by atoms with Gasteiger partial charge in [0.05, 0.1) is 16.9 Å². The topological polar surface area (TPSA) is 88.9 Å². The molecule has 172 valence electrons. The molecule has 0 unspecified atom stereocenters. The third kappa shape index (κ3) is 5.39. The van der Waals surface area contributed by atoms with E-state index >= 15 is 0 Å². The maximum atomic E-state index is 13.1. The number of carbonyl (C=O) groups excluding carboxylic acids is 2. The van der Waals surface area contributed by atoms with Crippen molar-refractivity contribution < 1.29 is 22.8 Å². The van der Waals surface area contributed by atoms with Crippen LogP contribution in [-0.4, -0.2) is 33.4 Å². The molecule has 1 saturated carbocycles. The van der Waals surface area contributed by atoms with E-state index < -0.39 is 17.6 Å². The number of hydrogen-bond acceptors (Lipinski definition) is 4. The summed E-state index contributed by atoms with van der Waals surface area (Å²) in [6.07, 6.45) is -2.26. The zero-order chi connectivity index (χ0) is 23.6. The second-order valence-electron chi connectivity index (χ2n) is 7.94. The van der Waals surface area contributed by atoms with Crippen molar-refractivity contribution in [3.05, 3.63) is 71.0 Å². The van der Waals surface area contributed by atoms with Crippen LogP contribution in [0.1, 0.15) is 53.0 Å². The first-order valence-electron chi connectivity index (χ1n) is 10.5. The van der Waals surface area contributed by atoms with Gasteiger partial charge in [0.2, 0.25) is 5.91 Å². The first-order valence-corrected chi connectivity index (χ1v) is 10.5. The monoisotopic (exact) mass is 457 g/mol. The molecular weight excluding hydrogens is 435 g/mol. The smallest absolute Gasteiger partial charge is 0.350 e. The van der Waals surface area contributed by atoms with E-state index in [0.29, 0.717) is 24.3 Å². The molecule has 1 heterocycles. The van der Waals surface area contributed by atoms with Crippen molar-refractivity contribution in [3.63, 3.8) is 0 Å². The van der Waals surface area contributed by atoms with Crippen molar-refractivity contribution in [2.24, 2.45) is 0 Å². The average Bonchev–Trinajstić information content (AvgIpc) is 3.51. The summed E-state index contributed by atoms with van der Waals surface area (Å²) in [7, 11) is 0. The van der Waals surface area contributed by atoms with Crippen molar-refractivity contribution in [1.29, 1.82) is 0 Å². The number of benzene rings is 2. The van der Waals surface area contributed by atoms with Crippen LogP contribution in [0.4, 0.5) is 18.9 Å². The molecule has 0 radical (unpaired) electrons. The largest absolute Gasteiger partial charge is 0.416 e. The molecule has 0 aliphatic heterocycles. The highest BCUT2D eigenvalue weighted by molar-refractivity contribution is 5.93. The lowest BCUT2D eigenvalue weighted by Gasteiger charge is -2.11. The molecule has 4 rings (SSSR count). The fraction of sp³-hybridized carbons (Fsp3) is 0.304. The molecule has 2 amide bonds. The molecule has 33 heavy (non-hydrogen) atoms. The SMILES string of the molecule is CC(=O)Nc1ccc(CCNC(=O)c2nnn(-c3cccc(C(F)(F)F)c3)c2C2CC2)cc1. The minimum atomic E-state index is -4.48. The summed E-state index contributed by atoms with van der Waals surface area (Å²) in [5, 5.41) is 13.5. The molecule has 7 nitrogen and oxygen atoms in total. The molecule has 0 saturated heterocycles. The van der Waals surface area contributed by atoms with Gasteiger partial charge in [-0.15, -0.1) is 5.10 Å². The number of anilines is 1. The Morgan fingerprint density at radius 1 is 1.12 bits per heavy atom. The molecule has 10 heteroatoms. The fourth-order valence-electron chi connectivity index (χ4n) is 3.54. The summed E-state index contributed by atoms with van der Waals surface area (Å²) < 4.78 is 40.7. The average molecular weight is 457 g/mol. The van der Waals surface area contributed by atoms with Crippen LogP contribution in [0.25, 0.3) is 5.69 Å². The van der Waals surface area contributed by atoms with Crippen LogP contribution in [0.3, 0.4) is 0 Å². The van der Waals surface area contributed by atoms with Gasteiger partial charge < -0.3 is 10.6 Å². The summed E-state index contributed by atoms with van der Waals surface area (Å²) in [4.78, 5) is 23.9. The highest BCUT2D eigenvalue weighted by Crippen LogP contribution is 2.42. The number of halogens is 3. The molecule has 0 bridgehead atoms. The standard InChI is InChI=1S/C23H22F3N5O2/c1-14(32)28-18-9-5-15(6-10-18)11-12-27-22(33)20-21(16-7-8-16)31(30-29-20)19-4-2-3-17(13-19)23(24,25)26/h2-6,9-10,13,16H,7-8,11-12H2,1H3,(H,27,33)(H,28,32). The molecule has 1 aliphatic rings. The van der Waals surface area contributed by atoms with Gasteiger partial charge in [-0.1, -0.05) is 23.4 Å². The van der Waals surface area contributed by atoms with Crippen LogP contribution in [0, 0.1) is 0 Å². The lowest BCUT2D eigenvalue weighted by atomic mass is 10.1. The van der Waals surface area contributed by atoms with Crippen molar-refractivity contribution in [2.45, 2.75) is 38.3 Å². The van der Waals surface area contributed by atoms with Gasteiger partial charge in [0.25, 0.3) is 5.91 Å². The predicted octanol–water partition coefficient (Wildman–Crippen LogP) is 4.09. The van der Waals surface area contributed by atoms with Crippen LogP contribution in [0.2, 0.25) is 0 Å². The summed E-state index contributed by atoms with van der Waals surface area (Å²) >= 11 is 0. The van der Waals surface area contributed by atoms with Crippen LogP contribution >= 0.6 is 0 Å². The van der Waals surface area contributed by atoms with E-state index in [0.717, 1.165) is 30.5 Å². The van der Waals surface area contributed by atoms with Gasteiger partial charge in [-0.3, -0.25) is 9.59 Å². The zero-order valence-electron chi connectivity index (χ0n) is 17.8. The summed E-state index contributed by atoms with van der Waals surface area (Å²) in [5.41, 5.74) is 1.77. The quantitative estimate of drug-likeness (QED) is 0.559. The summed E-state index contributed by atoms with van der Waals surface area (Å²) in [6.45, 7) is 1.78. The molecule has 0 atom stereocenters. The number of nitrogens with one attached hydrogen (secondary N) is 2. The van der Waals surface area contributed by atoms with E-state index in [-0.39, 0.29) is 23.2 Å². The van der Waals surface area contributed by atoms with Crippen molar-refractivity contribution >= 4 is 17.5 Å². The number of aromatic nitrogens is 3. The Balaban J connectivity index is 1.46. The van der Waals surface area contributed by atoms with E-state index in [9.17, 15) is 22.8 Å². The Kier molecular flexibility index (Phi) is 6.17. The van der Waals surface area contributed by atoms with Crippen molar-refractivity contribution in [2.75, 3.05) is 11.9 Å². The van der Waals surface area contributed by atoms with Gasteiger partial charge in [0.15, 0.2) is 5.69 Å². The predicted molar refractivity (Wildman–Crippen MR) is 115 cm³/mol. The Labute approximate surface area is 188 Å². The third-order valence-electron chi connectivity index (χ3n) is 5.28. The molecular formula is C23H22F3N5O2. The second-order valence-corrected chi connectivity index (χ2v) is 7.94. The minimum absolute atomic E-state index is 0.0385. The normalized spacial score (nSPS) is 13.6. The Morgan fingerprint density at radius 3 is 2.48 bits per heavy atom. The summed E-state index contributed by atoms with van der Waals surface area (Å²) in [5.74, 6) is -0.527. The molecule has 1 aromatic heterocycles. The first-order chi connectivity index (χ1) is 15.7. The van der Waals surface area contributed by atoms with E-state index in [1.165, 1.54) is 23.7 Å². The number of rotatable bonds is 7. The second kappa shape index (κ2) is 9.05. The van der Waals surface area contributed by atoms with E-state index in [1.807, 2.05) is 12.1 Å². The van der Waals surface area contributed by atoms with Crippen molar-refractivity contribution in [1.82, 2.24) is 20.3 Å². The molecule has 0 spiro atoms. The van der Waals surface area contributed by atoms with Crippen LogP contribution < -0.4 is 10.6 Å². The zero-order valence-corrected chi connectivity index (χ0v) is 17.8. The van der Waals surface area contributed by atoms with E-state index in [4.69, 9.17) is 0 Å². The Morgan fingerprint density at radius 2 is 1.85 bits per heavy atom. The molecule has 2 aromatic carbocycles. The van der Waals surface area contributed by atoms with Gasteiger partial charge in [0.1, 0.15) is 0 Å². The molecule has 1 fully saturated rings. The highest BCUT2D eigenvalue weighted by Gasteiger charge is 2.35. The summed E-state index contributed by atoms with van der Waals surface area (Å²) in [6, 6.07) is 12.1. The van der Waals surface area contributed by atoms with Gasteiger partial charge in [-0.05, 0) is 55.2 Å². The highest BCUT2D eigenvalue weighted by atomic mass is 19.4. The molecule has 2 N–H and O–H groups in total. The minimum Gasteiger partial charge on any atom is -0.350 e. The van der Waals surface area contributed by atoms with Gasteiger partial charge in [-0.2, -0.15) is 13.2 Å². The Bertz CT molecular complexity index is 1170. The number of nitrogens with zero attached hydrogens (tertiary/aromatic N) is 3.